The summed E-state index contributed by atoms with van der Waals surface area (Å²) in [6.45, 7) is -0.804. The van der Waals surface area contributed by atoms with Crippen LogP contribution < -0.4 is 14.2 Å². The molecule has 2 aliphatic heterocycles. The van der Waals surface area contributed by atoms with Gasteiger partial charge in [-0.2, -0.15) is 0 Å². The Labute approximate surface area is 207 Å². The highest BCUT2D eigenvalue weighted by Crippen LogP contribution is 2.51. The zero-order chi connectivity index (χ0) is 26.0. The average Bonchev–Trinajstić information content (AvgIpc) is 3.27. The Morgan fingerprint density at radius 1 is 0.917 bits per heavy atom. The Hall–Kier alpha value is -2.64. The molecule has 2 heterocycles. The predicted octanol–water partition coefficient (Wildman–Crippen LogP) is -0.286. The highest BCUT2D eigenvalue weighted by molar-refractivity contribution is 5.55. The van der Waals surface area contributed by atoms with Gasteiger partial charge in [0.1, 0.15) is 30.5 Å². The lowest BCUT2D eigenvalue weighted by molar-refractivity contribution is -0.277. The molecule has 1 saturated heterocycles. The fourth-order valence-corrected chi connectivity index (χ4v) is 4.64. The lowest BCUT2D eigenvalue weighted by atomic mass is 9.90. The van der Waals surface area contributed by atoms with Gasteiger partial charge in [-0.05, 0) is 42.2 Å². The molecule has 0 radical (unpaired) electrons. The number of rotatable bonds is 9. The van der Waals surface area contributed by atoms with Gasteiger partial charge in [0, 0.05) is 12.2 Å². The molecule has 2 aromatic rings. The van der Waals surface area contributed by atoms with Gasteiger partial charge in [-0.1, -0.05) is 12.1 Å². The Bertz CT molecular complexity index is 1040. The van der Waals surface area contributed by atoms with Crippen LogP contribution in [0.15, 0.2) is 30.3 Å². The zero-order valence-electron chi connectivity index (χ0n) is 19.7. The van der Waals surface area contributed by atoms with E-state index in [0.29, 0.717) is 24.0 Å². The minimum absolute atomic E-state index is 0.0255. The van der Waals surface area contributed by atoms with Crippen molar-refractivity contribution in [1.82, 2.24) is 0 Å². The maximum atomic E-state index is 10.5. The van der Waals surface area contributed by atoms with Crippen LogP contribution >= 0.6 is 0 Å². The molecule has 2 aliphatic rings. The number of aromatic hydroxyl groups is 1. The summed E-state index contributed by atoms with van der Waals surface area (Å²) in [4.78, 5) is 0. The van der Waals surface area contributed by atoms with Crippen molar-refractivity contribution >= 4 is 0 Å². The molecule has 0 spiro atoms. The topological polar surface area (TPSA) is 179 Å². The van der Waals surface area contributed by atoms with E-state index in [1.807, 2.05) is 6.07 Å². The molecule has 11 nitrogen and oxygen atoms in total. The minimum atomic E-state index is -1.59. The Morgan fingerprint density at radius 3 is 2.36 bits per heavy atom. The number of aliphatic hydroxyl groups excluding tert-OH is 6. The van der Waals surface area contributed by atoms with E-state index in [1.54, 1.807) is 24.3 Å². The molecular formula is C25H32O11. The van der Waals surface area contributed by atoms with E-state index in [0.717, 1.165) is 5.56 Å². The number of methoxy groups -OCH3 is 1. The molecule has 0 bridgehead atoms. The summed E-state index contributed by atoms with van der Waals surface area (Å²) in [6, 6.07) is 8.29. The standard InChI is InChI=1S/C25H32O11/c1-33-18-9-13(4-5-17(18)34-25-22(32)21(31)20(30)19(11-28)35-25)23-15(10-27)14-7-12(3-2-6-26)8-16(29)24(14)36-23/h4-5,7-9,15,19-23,25-32H,2-3,6,10-11H2,1H3/t15-,19-,20-,21+,22-,23+,25-/m1/s1. The van der Waals surface area contributed by atoms with Gasteiger partial charge < -0.3 is 54.7 Å². The molecule has 7 N–H and O–H groups in total. The van der Waals surface area contributed by atoms with Crippen LogP contribution in [0.2, 0.25) is 0 Å². The number of aryl methyl sites for hydroxylation is 1. The molecule has 11 heteroatoms. The third-order valence-electron chi connectivity index (χ3n) is 6.60. The van der Waals surface area contributed by atoms with Crippen molar-refractivity contribution in [3.8, 4) is 23.0 Å². The van der Waals surface area contributed by atoms with Crippen LogP contribution in [0.25, 0.3) is 0 Å². The van der Waals surface area contributed by atoms with Crippen LogP contribution in [0.3, 0.4) is 0 Å². The quantitative estimate of drug-likeness (QED) is 0.237. The zero-order valence-corrected chi connectivity index (χ0v) is 19.7. The van der Waals surface area contributed by atoms with Gasteiger partial charge in [-0.3, -0.25) is 0 Å². The van der Waals surface area contributed by atoms with Crippen molar-refractivity contribution in [1.29, 1.82) is 0 Å². The fourth-order valence-electron chi connectivity index (χ4n) is 4.64. The molecule has 36 heavy (non-hydrogen) atoms. The number of aliphatic hydroxyl groups is 6. The molecule has 0 aliphatic carbocycles. The van der Waals surface area contributed by atoms with Crippen LogP contribution in [0.1, 0.15) is 35.1 Å². The van der Waals surface area contributed by atoms with Crippen molar-refractivity contribution in [3.63, 3.8) is 0 Å². The van der Waals surface area contributed by atoms with Gasteiger partial charge in [-0.25, -0.2) is 0 Å². The van der Waals surface area contributed by atoms with E-state index in [4.69, 9.17) is 24.1 Å². The van der Waals surface area contributed by atoms with Crippen molar-refractivity contribution in [2.24, 2.45) is 0 Å². The Morgan fingerprint density at radius 2 is 1.69 bits per heavy atom. The minimum Gasteiger partial charge on any atom is -0.504 e. The first-order chi connectivity index (χ1) is 17.3. The number of hydrogen-bond acceptors (Lipinski definition) is 11. The van der Waals surface area contributed by atoms with E-state index in [2.05, 4.69) is 0 Å². The molecule has 1 fully saturated rings. The molecule has 0 amide bonds. The first-order valence-corrected chi connectivity index (χ1v) is 11.7. The van der Waals surface area contributed by atoms with Gasteiger partial charge >= 0.3 is 0 Å². The van der Waals surface area contributed by atoms with Crippen molar-refractivity contribution in [2.45, 2.75) is 55.6 Å². The molecule has 7 atom stereocenters. The van der Waals surface area contributed by atoms with E-state index >= 15 is 0 Å². The third-order valence-corrected chi connectivity index (χ3v) is 6.60. The van der Waals surface area contributed by atoms with E-state index in [-0.39, 0.29) is 36.2 Å². The number of ether oxygens (including phenoxy) is 4. The second-order valence-electron chi connectivity index (χ2n) is 8.91. The van der Waals surface area contributed by atoms with Crippen LogP contribution in [0.4, 0.5) is 0 Å². The lowest BCUT2D eigenvalue weighted by Crippen LogP contribution is -2.60. The predicted molar refractivity (Wildman–Crippen MR) is 124 cm³/mol. The van der Waals surface area contributed by atoms with Gasteiger partial charge in [0.25, 0.3) is 0 Å². The summed E-state index contributed by atoms with van der Waals surface area (Å²) in [5.41, 5.74) is 2.11. The summed E-state index contributed by atoms with van der Waals surface area (Å²) >= 11 is 0. The monoisotopic (exact) mass is 508 g/mol. The number of fused-ring (bicyclic) bond motifs is 1. The highest BCUT2D eigenvalue weighted by Gasteiger charge is 2.45. The van der Waals surface area contributed by atoms with Crippen LogP contribution in [0, 0.1) is 0 Å². The third kappa shape index (κ3) is 4.96. The number of hydrogen-bond donors (Lipinski definition) is 7. The second kappa shape index (κ2) is 11.2. The van der Waals surface area contributed by atoms with Crippen molar-refractivity contribution in [2.75, 3.05) is 26.9 Å². The van der Waals surface area contributed by atoms with E-state index in [1.165, 1.54) is 7.11 Å². The maximum Gasteiger partial charge on any atom is 0.229 e. The molecule has 2 aromatic carbocycles. The van der Waals surface area contributed by atoms with Gasteiger partial charge in [0.2, 0.25) is 6.29 Å². The summed E-state index contributed by atoms with van der Waals surface area (Å²) in [6.07, 6.45) is -6.71. The summed E-state index contributed by atoms with van der Waals surface area (Å²) in [5.74, 6) is 0.176. The van der Waals surface area contributed by atoms with Crippen LogP contribution in [0.5, 0.6) is 23.0 Å². The number of benzene rings is 2. The first kappa shape index (κ1) is 26.4. The van der Waals surface area contributed by atoms with Gasteiger partial charge in [-0.15, -0.1) is 0 Å². The number of phenols is 1. The lowest BCUT2D eigenvalue weighted by Gasteiger charge is -2.39. The fraction of sp³-hybridized carbons (Fsp3) is 0.520. The maximum absolute atomic E-state index is 10.5. The summed E-state index contributed by atoms with van der Waals surface area (Å²) in [5, 5.41) is 69.4. The van der Waals surface area contributed by atoms with Crippen LogP contribution in [-0.4, -0.2) is 93.4 Å². The molecule has 0 saturated carbocycles. The largest absolute Gasteiger partial charge is 0.504 e. The van der Waals surface area contributed by atoms with Crippen molar-refractivity contribution < 1.29 is 54.7 Å². The van der Waals surface area contributed by atoms with Crippen molar-refractivity contribution in [3.05, 3.63) is 47.0 Å². The Balaban J connectivity index is 1.58. The van der Waals surface area contributed by atoms with Gasteiger partial charge in [0.15, 0.2) is 23.0 Å². The summed E-state index contributed by atoms with van der Waals surface area (Å²) in [7, 11) is 1.41. The summed E-state index contributed by atoms with van der Waals surface area (Å²) < 4.78 is 22.6. The highest BCUT2D eigenvalue weighted by atomic mass is 16.7. The molecule has 198 valence electrons. The normalized spacial score (nSPS) is 29.5. The SMILES string of the molecule is COc1cc([C@@H]2Oc3c(O)cc(CCCO)cc3[C@H]2CO)ccc1O[C@@H]1O[C@H](CO)[C@@H](O)[C@H](O)[C@H]1O. The average molecular weight is 509 g/mol. The first-order valence-electron chi connectivity index (χ1n) is 11.7. The molecule has 4 rings (SSSR count). The molecule has 0 aromatic heterocycles. The van der Waals surface area contributed by atoms with Gasteiger partial charge in [0.05, 0.1) is 26.2 Å². The second-order valence-corrected chi connectivity index (χ2v) is 8.91. The molecule has 0 unspecified atom stereocenters. The van der Waals surface area contributed by atoms with Crippen LogP contribution in [-0.2, 0) is 11.2 Å². The Kier molecular flexibility index (Phi) is 8.20. The van der Waals surface area contributed by atoms with E-state index in [9.17, 15) is 30.6 Å². The number of phenolic OH excluding ortho intramolecular Hbond substituents is 1. The van der Waals surface area contributed by atoms with E-state index < -0.39 is 49.3 Å². The smallest absolute Gasteiger partial charge is 0.229 e. The molecular weight excluding hydrogens is 476 g/mol.